The third-order valence-corrected chi connectivity index (χ3v) is 6.27. The number of H-pyrrole nitrogens is 1. The molecule has 0 unspecified atom stereocenters. The Bertz CT molecular complexity index is 1430. The van der Waals surface area contributed by atoms with Crippen molar-refractivity contribution in [2.75, 3.05) is 11.4 Å². The molecule has 0 saturated carbocycles. The summed E-state index contributed by atoms with van der Waals surface area (Å²) in [6.07, 6.45) is 0.992. The van der Waals surface area contributed by atoms with E-state index in [4.69, 9.17) is 6.42 Å². The maximum Gasteiger partial charge on any atom is 0.417 e. The molecule has 0 spiro atoms. The van der Waals surface area contributed by atoms with Gasteiger partial charge in [0.15, 0.2) is 0 Å². The molecule has 4 aromatic rings. The van der Waals surface area contributed by atoms with Crippen LogP contribution in [0.25, 0.3) is 10.9 Å². The second kappa shape index (κ2) is 9.65. The van der Waals surface area contributed by atoms with E-state index in [-0.39, 0.29) is 23.5 Å². The van der Waals surface area contributed by atoms with E-state index in [1.54, 1.807) is 60.4 Å². The van der Waals surface area contributed by atoms with Crippen molar-refractivity contribution in [3.63, 3.8) is 0 Å². The molecule has 0 radical (unpaired) electrons. The van der Waals surface area contributed by atoms with Gasteiger partial charge in [0.2, 0.25) is 0 Å². The number of aromatic amines is 1. The molecule has 0 saturated heterocycles. The summed E-state index contributed by atoms with van der Waals surface area (Å²) >= 11 is 1.05. The number of fused-ring (bicyclic) bond motifs is 1. The smallest absolute Gasteiger partial charge is 0.356 e. The number of hydrogen-bond donors (Lipinski definition) is 1. The number of hydrogen-bond acceptors (Lipinski definition) is 4. The van der Waals surface area contributed by atoms with E-state index in [0.29, 0.717) is 32.9 Å². The number of benzene rings is 3. The highest BCUT2D eigenvalue weighted by Gasteiger charge is 2.34. The molecule has 0 aliphatic heterocycles. The second-order valence-electron chi connectivity index (χ2n) is 7.62. The lowest BCUT2D eigenvalue weighted by molar-refractivity contribution is -0.139. The number of alkyl halides is 3. The molecule has 1 heterocycles. The zero-order chi connectivity index (χ0) is 24.3. The number of nitrogens with one attached hydrogen (secondary N) is 1. The van der Waals surface area contributed by atoms with Crippen LogP contribution >= 0.6 is 11.8 Å². The fraction of sp³-hybridized carbons (Fsp3) is 0.154. The molecule has 3 aromatic carbocycles. The third kappa shape index (κ3) is 5.10. The van der Waals surface area contributed by atoms with E-state index in [1.165, 1.54) is 6.07 Å². The Hall–Kier alpha value is -3.70. The molecule has 4 rings (SSSR count). The molecular formula is C26H20F3N3OS. The molecule has 1 aromatic heterocycles. The van der Waals surface area contributed by atoms with E-state index in [2.05, 4.69) is 15.9 Å². The van der Waals surface area contributed by atoms with Crippen LogP contribution in [0.1, 0.15) is 17.0 Å². The van der Waals surface area contributed by atoms with Crippen LogP contribution in [0.5, 0.6) is 0 Å². The molecule has 34 heavy (non-hydrogen) atoms. The Morgan fingerprint density at radius 3 is 2.56 bits per heavy atom. The van der Waals surface area contributed by atoms with Gasteiger partial charge >= 0.3 is 6.18 Å². The van der Waals surface area contributed by atoms with Crippen molar-refractivity contribution < 1.29 is 13.2 Å². The summed E-state index contributed by atoms with van der Waals surface area (Å²) in [5.74, 6) is 2.99. The lowest BCUT2D eigenvalue weighted by Gasteiger charge is -2.25. The molecule has 4 nitrogen and oxygen atoms in total. The highest BCUT2D eigenvalue weighted by atomic mass is 32.2. The van der Waals surface area contributed by atoms with Crippen LogP contribution in [0.2, 0.25) is 0 Å². The minimum Gasteiger partial charge on any atom is -0.356 e. The number of halogens is 3. The number of aromatic nitrogens is 2. The molecule has 0 amide bonds. The summed E-state index contributed by atoms with van der Waals surface area (Å²) in [6, 6.07) is 18.3. The summed E-state index contributed by atoms with van der Waals surface area (Å²) in [6.45, 7) is 1.90. The number of nitrogens with zero attached hydrogens (tertiary/aromatic N) is 2. The topological polar surface area (TPSA) is 49.0 Å². The van der Waals surface area contributed by atoms with Crippen molar-refractivity contribution in [1.82, 2.24) is 9.97 Å². The average Bonchev–Trinajstić information content (AvgIpc) is 2.79. The van der Waals surface area contributed by atoms with Crippen molar-refractivity contribution in [3.05, 3.63) is 94.0 Å². The molecule has 0 aliphatic carbocycles. The Morgan fingerprint density at radius 1 is 1.09 bits per heavy atom. The van der Waals surface area contributed by atoms with Gasteiger partial charge in [-0.2, -0.15) is 13.2 Å². The van der Waals surface area contributed by atoms with Crippen LogP contribution < -0.4 is 10.5 Å². The summed E-state index contributed by atoms with van der Waals surface area (Å²) in [5.41, 5.74) is 0.414. The highest BCUT2D eigenvalue weighted by Crippen LogP contribution is 2.41. The van der Waals surface area contributed by atoms with Gasteiger partial charge in [-0.1, -0.05) is 48.0 Å². The van der Waals surface area contributed by atoms with Gasteiger partial charge in [0.05, 0.1) is 23.0 Å². The number of rotatable bonds is 6. The molecular weight excluding hydrogens is 459 g/mol. The number of terminal acetylenes is 1. The van der Waals surface area contributed by atoms with Gasteiger partial charge in [0.25, 0.3) is 5.56 Å². The maximum atomic E-state index is 14.0. The number of anilines is 1. The van der Waals surface area contributed by atoms with Crippen molar-refractivity contribution >= 4 is 28.4 Å². The van der Waals surface area contributed by atoms with E-state index in [0.717, 1.165) is 17.8 Å². The molecule has 0 bridgehead atoms. The normalized spacial score (nSPS) is 11.4. The van der Waals surface area contributed by atoms with Crippen LogP contribution in [0.4, 0.5) is 18.9 Å². The predicted molar refractivity (Wildman–Crippen MR) is 129 cm³/mol. The van der Waals surface area contributed by atoms with Crippen LogP contribution in [0.3, 0.4) is 0 Å². The molecule has 0 atom stereocenters. The Kier molecular flexibility index (Phi) is 6.66. The quantitative estimate of drug-likeness (QED) is 0.343. The van der Waals surface area contributed by atoms with Gasteiger partial charge in [-0.05, 0) is 48.9 Å². The van der Waals surface area contributed by atoms with E-state index in [9.17, 15) is 18.0 Å². The highest BCUT2D eigenvalue weighted by molar-refractivity contribution is 7.99. The minimum absolute atomic E-state index is 0.0655. The molecule has 1 N–H and O–H groups in total. The summed E-state index contributed by atoms with van der Waals surface area (Å²) in [7, 11) is 0. The first-order valence-corrected chi connectivity index (χ1v) is 11.2. The Balaban J connectivity index is 1.75. The zero-order valence-electron chi connectivity index (χ0n) is 18.2. The van der Waals surface area contributed by atoms with Gasteiger partial charge in [-0.25, -0.2) is 4.98 Å². The van der Waals surface area contributed by atoms with Crippen molar-refractivity contribution in [3.8, 4) is 12.3 Å². The Labute approximate surface area is 198 Å². The summed E-state index contributed by atoms with van der Waals surface area (Å²) in [5, 5.41) is 0.391. The Morgan fingerprint density at radius 2 is 1.85 bits per heavy atom. The van der Waals surface area contributed by atoms with Crippen LogP contribution in [0, 0.1) is 19.3 Å². The predicted octanol–water partition coefficient (Wildman–Crippen LogP) is 6.04. The molecule has 8 heteroatoms. The van der Waals surface area contributed by atoms with E-state index >= 15 is 0 Å². The number of aryl methyl sites for hydroxylation is 1. The standard InChI is InChI=1S/C26H20F3N3OS/c1-3-14-32(16-18-8-7-11-22-24(18)25(33)31-17(2)30-22)19-12-13-23(21(15-19)26(27,28)29)34-20-9-5-4-6-10-20/h1,4-13,15H,14,16H2,2H3,(H,30,31,33). The lowest BCUT2D eigenvalue weighted by atomic mass is 10.1. The van der Waals surface area contributed by atoms with Gasteiger partial charge < -0.3 is 9.88 Å². The van der Waals surface area contributed by atoms with Crippen molar-refractivity contribution in [1.29, 1.82) is 0 Å². The maximum absolute atomic E-state index is 14.0. The van der Waals surface area contributed by atoms with Gasteiger partial charge in [-0.3, -0.25) is 4.79 Å². The summed E-state index contributed by atoms with van der Waals surface area (Å²) in [4.78, 5) is 22.1. The van der Waals surface area contributed by atoms with Crippen molar-refractivity contribution in [2.24, 2.45) is 0 Å². The van der Waals surface area contributed by atoms with Gasteiger partial charge in [0, 0.05) is 22.0 Å². The SMILES string of the molecule is C#CCN(Cc1cccc2nc(C)[nH]c(=O)c12)c1ccc(Sc2ccccc2)c(C(F)(F)F)c1. The monoisotopic (exact) mass is 479 g/mol. The average molecular weight is 480 g/mol. The summed E-state index contributed by atoms with van der Waals surface area (Å²) < 4.78 is 41.9. The first-order valence-electron chi connectivity index (χ1n) is 10.4. The van der Waals surface area contributed by atoms with E-state index < -0.39 is 11.7 Å². The lowest BCUT2D eigenvalue weighted by Crippen LogP contribution is -2.25. The van der Waals surface area contributed by atoms with Crippen LogP contribution in [-0.4, -0.2) is 16.5 Å². The van der Waals surface area contributed by atoms with Crippen LogP contribution in [-0.2, 0) is 12.7 Å². The first-order chi connectivity index (χ1) is 16.3. The zero-order valence-corrected chi connectivity index (χ0v) is 19.0. The van der Waals surface area contributed by atoms with Crippen molar-refractivity contribution in [2.45, 2.75) is 29.4 Å². The van der Waals surface area contributed by atoms with Crippen LogP contribution in [0.15, 0.2) is 81.3 Å². The second-order valence-corrected chi connectivity index (χ2v) is 8.73. The first kappa shape index (κ1) is 23.5. The van der Waals surface area contributed by atoms with Gasteiger partial charge in [0.1, 0.15) is 5.82 Å². The largest absolute Gasteiger partial charge is 0.417 e. The minimum atomic E-state index is -4.55. The van der Waals surface area contributed by atoms with Gasteiger partial charge in [-0.15, -0.1) is 6.42 Å². The molecule has 172 valence electrons. The fourth-order valence-electron chi connectivity index (χ4n) is 3.70. The molecule has 0 fully saturated rings. The third-order valence-electron chi connectivity index (χ3n) is 5.19. The van der Waals surface area contributed by atoms with E-state index in [1.807, 2.05) is 6.07 Å². The molecule has 0 aliphatic rings. The fourth-order valence-corrected chi connectivity index (χ4v) is 4.67.